The summed E-state index contributed by atoms with van der Waals surface area (Å²) in [6.07, 6.45) is 4.19. The Morgan fingerprint density at radius 1 is 1.25 bits per heavy atom. The van der Waals surface area contributed by atoms with Crippen LogP contribution in [0, 0.1) is 0 Å². The number of rotatable bonds is 3. The van der Waals surface area contributed by atoms with E-state index in [1.165, 1.54) is 16.5 Å². The van der Waals surface area contributed by atoms with Gasteiger partial charge in [-0.2, -0.15) is 0 Å². The van der Waals surface area contributed by atoms with Gasteiger partial charge in [-0.1, -0.05) is 24.3 Å². The topological polar surface area (TPSA) is 57.0 Å². The lowest BCUT2D eigenvalue weighted by Crippen LogP contribution is -2.12. The molecule has 0 bridgehead atoms. The van der Waals surface area contributed by atoms with Crippen molar-refractivity contribution in [3.8, 4) is 0 Å². The molecule has 3 heteroatoms. The third-order valence-corrected chi connectivity index (χ3v) is 2.81. The highest BCUT2D eigenvalue weighted by atomic mass is 14.9. The summed E-state index contributed by atoms with van der Waals surface area (Å²) in [6.45, 7) is 1.03. The molecule has 0 radical (unpaired) electrons. The molecule has 2 aromatic rings. The van der Waals surface area contributed by atoms with Gasteiger partial charge in [-0.05, 0) is 11.6 Å². The van der Waals surface area contributed by atoms with E-state index in [1.807, 2.05) is 19.2 Å². The zero-order valence-corrected chi connectivity index (χ0v) is 9.48. The number of nitrogens with zero attached hydrogens (tertiary/aromatic N) is 1. The van der Waals surface area contributed by atoms with Gasteiger partial charge in [-0.25, -0.2) is 0 Å². The zero-order valence-electron chi connectivity index (χ0n) is 9.48. The van der Waals surface area contributed by atoms with Gasteiger partial charge in [0.1, 0.15) is 0 Å². The largest absolute Gasteiger partial charge is 0.350 e. The van der Waals surface area contributed by atoms with E-state index >= 15 is 0 Å². The molecule has 0 fully saturated rings. The smallest absolute Gasteiger partial charge is 0.0483 e. The fraction of sp³-hybridized carbons (Fsp3) is 0.231. The molecule has 1 aromatic carbocycles. The quantitative estimate of drug-likeness (QED) is 0.814. The van der Waals surface area contributed by atoms with Crippen LogP contribution in [0.15, 0.2) is 36.0 Å². The summed E-state index contributed by atoms with van der Waals surface area (Å²) in [7, 11) is 2.05. The Morgan fingerprint density at radius 3 is 2.62 bits per heavy atom. The number of nitrogens with two attached hydrogens (primary N) is 2. The Kier molecular flexibility index (Phi) is 3.08. The number of aryl methyl sites for hydroxylation is 1. The summed E-state index contributed by atoms with van der Waals surface area (Å²) < 4.78 is 2.12. The highest BCUT2D eigenvalue weighted by Crippen LogP contribution is 2.22. The fourth-order valence-corrected chi connectivity index (χ4v) is 1.91. The molecule has 0 unspecified atom stereocenters. The molecular formula is C13H17N3. The van der Waals surface area contributed by atoms with Crippen LogP contribution < -0.4 is 11.5 Å². The van der Waals surface area contributed by atoms with Crippen molar-refractivity contribution in [3.05, 3.63) is 41.6 Å². The van der Waals surface area contributed by atoms with Gasteiger partial charge in [-0.15, -0.1) is 0 Å². The maximum atomic E-state index is 5.63. The van der Waals surface area contributed by atoms with Crippen LogP contribution in [0.4, 0.5) is 0 Å². The van der Waals surface area contributed by atoms with E-state index in [0.717, 1.165) is 5.57 Å². The van der Waals surface area contributed by atoms with Crippen LogP contribution in [0.25, 0.3) is 17.0 Å². The SMILES string of the molecule is Cn1cc(C=C(CN)CN)c2ccccc21. The van der Waals surface area contributed by atoms with E-state index < -0.39 is 0 Å². The maximum Gasteiger partial charge on any atom is 0.0483 e. The predicted octanol–water partition coefficient (Wildman–Crippen LogP) is 1.48. The number of aromatic nitrogens is 1. The Morgan fingerprint density at radius 2 is 1.94 bits per heavy atom. The summed E-state index contributed by atoms with van der Waals surface area (Å²) in [5.41, 5.74) is 14.7. The molecule has 3 nitrogen and oxygen atoms in total. The first-order valence-corrected chi connectivity index (χ1v) is 5.40. The van der Waals surface area contributed by atoms with Crippen LogP contribution in [0.1, 0.15) is 5.56 Å². The van der Waals surface area contributed by atoms with Gasteiger partial charge in [0.25, 0.3) is 0 Å². The van der Waals surface area contributed by atoms with E-state index in [2.05, 4.69) is 29.0 Å². The molecule has 84 valence electrons. The van der Waals surface area contributed by atoms with Crippen molar-refractivity contribution < 1.29 is 0 Å². The third-order valence-electron chi connectivity index (χ3n) is 2.81. The zero-order chi connectivity index (χ0) is 11.5. The molecule has 4 N–H and O–H groups in total. The Labute approximate surface area is 95.3 Å². The minimum absolute atomic E-state index is 0.514. The molecule has 0 saturated heterocycles. The first-order chi connectivity index (χ1) is 7.76. The van der Waals surface area contributed by atoms with E-state index in [-0.39, 0.29) is 0 Å². The number of hydrogen-bond acceptors (Lipinski definition) is 2. The molecule has 0 aliphatic rings. The summed E-state index contributed by atoms with van der Waals surface area (Å²) in [4.78, 5) is 0. The van der Waals surface area contributed by atoms with Crippen molar-refractivity contribution in [1.82, 2.24) is 4.57 Å². The Balaban J connectivity index is 2.57. The molecule has 16 heavy (non-hydrogen) atoms. The van der Waals surface area contributed by atoms with Crippen LogP contribution >= 0.6 is 0 Å². The molecule has 0 aliphatic heterocycles. The first kappa shape index (κ1) is 10.9. The summed E-state index contributed by atoms with van der Waals surface area (Å²) in [5.74, 6) is 0. The predicted molar refractivity (Wildman–Crippen MR) is 69.0 cm³/mol. The van der Waals surface area contributed by atoms with Crippen LogP contribution in [0.3, 0.4) is 0 Å². The highest BCUT2D eigenvalue weighted by molar-refractivity contribution is 5.89. The summed E-state index contributed by atoms with van der Waals surface area (Å²) in [6, 6.07) is 8.32. The molecule has 0 aliphatic carbocycles. The molecule has 0 amide bonds. The molecule has 0 spiro atoms. The number of fused-ring (bicyclic) bond motifs is 1. The van der Waals surface area contributed by atoms with E-state index in [1.54, 1.807) is 0 Å². The number of benzene rings is 1. The molecule has 2 rings (SSSR count). The second-order valence-corrected chi connectivity index (χ2v) is 3.92. The molecule has 1 heterocycles. The van der Waals surface area contributed by atoms with Crippen molar-refractivity contribution in [1.29, 1.82) is 0 Å². The van der Waals surface area contributed by atoms with Gasteiger partial charge >= 0.3 is 0 Å². The normalized spacial score (nSPS) is 10.7. The maximum absolute atomic E-state index is 5.63. The van der Waals surface area contributed by atoms with E-state index in [4.69, 9.17) is 11.5 Å². The van der Waals surface area contributed by atoms with Gasteiger partial charge in [0.15, 0.2) is 0 Å². The first-order valence-electron chi connectivity index (χ1n) is 5.40. The lowest BCUT2D eigenvalue weighted by Gasteiger charge is -1.99. The second-order valence-electron chi connectivity index (χ2n) is 3.92. The van der Waals surface area contributed by atoms with Crippen molar-refractivity contribution in [2.45, 2.75) is 0 Å². The van der Waals surface area contributed by atoms with Gasteiger partial charge in [0.2, 0.25) is 0 Å². The fourth-order valence-electron chi connectivity index (χ4n) is 1.91. The van der Waals surface area contributed by atoms with Crippen molar-refractivity contribution >= 4 is 17.0 Å². The lowest BCUT2D eigenvalue weighted by molar-refractivity contribution is 0.967. The highest BCUT2D eigenvalue weighted by Gasteiger charge is 2.03. The van der Waals surface area contributed by atoms with Crippen LogP contribution in [-0.2, 0) is 7.05 Å². The molecule has 0 atom stereocenters. The molecule has 0 saturated carbocycles. The van der Waals surface area contributed by atoms with Crippen LogP contribution in [-0.4, -0.2) is 17.7 Å². The molecule has 1 aromatic heterocycles. The number of para-hydroxylation sites is 1. The van der Waals surface area contributed by atoms with Crippen molar-refractivity contribution in [2.24, 2.45) is 18.5 Å². The minimum atomic E-state index is 0.514. The van der Waals surface area contributed by atoms with Crippen LogP contribution in [0.5, 0.6) is 0 Å². The van der Waals surface area contributed by atoms with Crippen molar-refractivity contribution in [2.75, 3.05) is 13.1 Å². The van der Waals surface area contributed by atoms with Gasteiger partial charge in [-0.3, -0.25) is 0 Å². The lowest BCUT2D eigenvalue weighted by atomic mass is 10.1. The van der Waals surface area contributed by atoms with E-state index in [9.17, 15) is 0 Å². The Bertz CT molecular complexity index is 517. The summed E-state index contributed by atoms with van der Waals surface area (Å²) >= 11 is 0. The molecular weight excluding hydrogens is 198 g/mol. The van der Waals surface area contributed by atoms with Gasteiger partial charge in [0.05, 0.1) is 0 Å². The van der Waals surface area contributed by atoms with Gasteiger partial charge < -0.3 is 16.0 Å². The summed E-state index contributed by atoms with van der Waals surface area (Å²) in [5, 5.41) is 1.24. The van der Waals surface area contributed by atoms with Gasteiger partial charge in [0, 0.05) is 42.8 Å². The second kappa shape index (κ2) is 4.51. The minimum Gasteiger partial charge on any atom is -0.350 e. The Hall–Kier alpha value is -1.58. The van der Waals surface area contributed by atoms with Crippen LogP contribution in [0.2, 0.25) is 0 Å². The third kappa shape index (κ3) is 1.87. The van der Waals surface area contributed by atoms with E-state index in [0.29, 0.717) is 13.1 Å². The average molecular weight is 215 g/mol. The standard InChI is InChI=1S/C13H17N3/c1-16-9-11(6-10(7-14)8-15)12-4-2-3-5-13(12)16/h2-6,9H,7-8,14-15H2,1H3. The monoisotopic (exact) mass is 215 g/mol. The van der Waals surface area contributed by atoms with Crippen molar-refractivity contribution in [3.63, 3.8) is 0 Å². The number of hydrogen-bond donors (Lipinski definition) is 2. The average Bonchev–Trinajstić information content (AvgIpc) is 2.64.